The molecule has 16 nitrogen and oxygen atoms in total. The molecule has 89 heavy (non-hydrogen) atoms. The Hall–Kier alpha value is -3.38. The zero-order valence-electron chi connectivity index (χ0n) is 62.6. The Morgan fingerprint density at radius 2 is 0.989 bits per heavy atom. The van der Waals surface area contributed by atoms with Gasteiger partial charge in [0.05, 0.1) is 77.0 Å². The summed E-state index contributed by atoms with van der Waals surface area (Å²) in [6, 6.07) is 0.833. The number of hydrogen-bond donors (Lipinski definition) is 6. The van der Waals surface area contributed by atoms with E-state index in [0.29, 0.717) is 33.6 Å². The van der Waals surface area contributed by atoms with Crippen LogP contribution in [0.25, 0.3) is 0 Å². The first-order chi connectivity index (χ1) is 41.2. The zero-order valence-corrected chi connectivity index (χ0v) is 65.9. The fourth-order valence-electron chi connectivity index (χ4n) is 2.81. The predicted octanol–water partition coefficient (Wildman–Crippen LogP) is 17.6. The van der Waals surface area contributed by atoms with Crippen molar-refractivity contribution >= 4 is 63.8 Å². The van der Waals surface area contributed by atoms with Crippen LogP contribution in [0.15, 0.2) is 94.5 Å². The number of carbonyl (C=O) groups is 1. The van der Waals surface area contributed by atoms with Gasteiger partial charge in [-0.05, 0) is 142 Å². The average molecular weight is 1350 g/mol. The van der Waals surface area contributed by atoms with Crippen molar-refractivity contribution < 1.29 is 56.5 Å². The number of allylic oxidation sites excluding steroid dienone is 11. The van der Waals surface area contributed by atoms with E-state index >= 15 is 0 Å². The van der Waals surface area contributed by atoms with Gasteiger partial charge in [0.1, 0.15) is 0 Å². The van der Waals surface area contributed by atoms with Gasteiger partial charge in [-0.25, -0.2) is 14.8 Å². The fraction of sp³-hybridized carbons (Fsp3) is 0.725. The van der Waals surface area contributed by atoms with E-state index in [4.69, 9.17) is 59.6 Å². The van der Waals surface area contributed by atoms with Crippen LogP contribution in [0.3, 0.4) is 0 Å². The fourth-order valence-corrected chi connectivity index (χ4v) is 2.81. The third kappa shape index (κ3) is 278. The Morgan fingerprint density at radius 1 is 0.775 bits per heavy atom. The third-order valence-electron chi connectivity index (χ3n) is 7.90. The number of rotatable bonds is 4. The van der Waals surface area contributed by atoms with Crippen LogP contribution >= 0.6 is 36.4 Å². The van der Waals surface area contributed by atoms with Crippen LogP contribution in [0.2, 0.25) is 0 Å². The maximum atomic E-state index is 9.19. The number of carboxylic acids is 1. The van der Waals surface area contributed by atoms with Gasteiger partial charge in [0.25, 0.3) is 16.1 Å². The topological polar surface area (TPSA) is 251 Å². The molecule has 0 aliphatic carbocycles. The van der Waals surface area contributed by atoms with Crippen LogP contribution < -0.4 is 11.1 Å². The average Bonchev–Trinajstić information content (AvgIpc) is 4.40. The normalized spacial score (nSPS) is 15.4. The van der Waals surface area contributed by atoms with E-state index in [-0.39, 0.29) is 0 Å². The van der Waals surface area contributed by atoms with Gasteiger partial charge in [-0.15, -0.1) is 25.5 Å². The Bertz CT molecular complexity index is 1660. The molecule has 6 rings (SSSR count). The maximum absolute atomic E-state index is 9.19. The highest BCUT2D eigenvalue weighted by Crippen LogP contribution is 2.29. The van der Waals surface area contributed by atoms with Crippen LogP contribution in [0, 0.1) is 34.5 Å². The molecule has 0 spiro atoms. The highest BCUT2D eigenvalue weighted by molar-refractivity contribution is 7.85. The standard InChI is InChI=1S/C6H12O.C6H12.2C5H10O.2C5H10.C4H8O.2C4H8.C3H5Cl.C3H7N.C3H6O.C3H6.C3H4.C2H3NO.C2H3NS.C2H4O2.CH5N.CH4O3S.CH4O.CH4S/c1-3-6(2)4-7-5-6;1-3-5-6-4-2;2*1-5(2)3-6-4-5;1-4-5(2)3;1-3-5-4-2;1-4-2-5-3-4;1-4(2)3;1-3-4-2;1-3(2)4;2*1-3-2-4-3;2*1-3-2;2*1-3-2-4;1-2(3)4;1-2;1-5(2,3)4;2*1-2/h3-5H2,1-2H3;3,5H,4,6H2,1-2H3;2*3-4H2,1-2H3;4H,1-3H3;3,5H,4H2,1-2H3;4H,2-3H2,1H3;1H2,2-3H3;3-4H,1-2H3;1H2,2H3;3-4H,2H2,1H3;3H,2H2,1H3;3H,1H2,2H3;1H,2H3;2*1H3;1H3,(H,3,4);2H2,1H3;1H3,(H,2,3,4);2*2H,1H3/b;5-3+;;;;5-3+;;;4-3+;;;;;;;;;;;;. The molecule has 0 amide bonds. The highest BCUT2D eigenvalue weighted by Gasteiger charge is 2.30. The van der Waals surface area contributed by atoms with E-state index in [0.717, 1.165) is 91.9 Å². The van der Waals surface area contributed by atoms with Crippen molar-refractivity contribution in [3.63, 3.8) is 0 Å². The number of isothiocyanates is 1. The van der Waals surface area contributed by atoms with Crippen molar-refractivity contribution in [2.45, 2.75) is 204 Å². The van der Waals surface area contributed by atoms with E-state index in [2.05, 4.69) is 210 Å². The molecule has 0 radical (unpaired) electrons. The molecule has 6 aliphatic heterocycles. The van der Waals surface area contributed by atoms with Gasteiger partial charge < -0.3 is 44.9 Å². The third-order valence-corrected chi connectivity index (χ3v) is 8.08. The number of nitrogens with two attached hydrogens (primary N) is 1. The van der Waals surface area contributed by atoms with Crippen LogP contribution in [0.5, 0.6) is 0 Å². The molecule has 6 aliphatic rings. The number of nitrogens with zero attached hydrogens (tertiary/aromatic N) is 2. The van der Waals surface area contributed by atoms with Crippen LogP contribution in [-0.2, 0) is 43.4 Å². The second kappa shape index (κ2) is 106. The Kier molecular flexibility index (Phi) is 147. The molecule has 0 aromatic carbocycles. The first kappa shape index (κ1) is 123. The second-order valence-corrected chi connectivity index (χ2v) is 23.2. The number of epoxide rings is 1. The molecule has 536 valence electrons. The van der Waals surface area contributed by atoms with E-state index in [1.807, 2.05) is 60.6 Å². The number of ether oxygens (including phenoxy) is 5. The number of nitrogens with one attached hydrogen (secondary N) is 1. The molecular formula is C69H143ClN4O12S3. The van der Waals surface area contributed by atoms with Crippen molar-refractivity contribution in [1.82, 2.24) is 5.32 Å². The summed E-state index contributed by atoms with van der Waals surface area (Å²) in [7, 11) is 1.81. The molecule has 20 heteroatoms. The van der Waals surface area contributed by atoms with E-state index in [9.17, 15) is 8.42 Å². The lowest BCUT2D eigenvalue weighted by atomic mass is 9.86. The summed E-state index contributed by atoms with van der Waals surface area (Å²) in [5.41, 5.74) is 8.59. The van der Waals surface area contributed by atoms with Gasteiger partial charge in [0.2, 0.25) is 6.08 Å². The molecule has 0 bridgehead atoms. The Balaban J connectivity index is -0.0000000501. The minimum absolute atomic E-state index is 0.500. The molecule has 2 atom stereocenters. The molecule has 6 fully saturated rings. The molecule has 0 aromatic heterocycles. The predicted molar refractivity (Wildman–Crippen MR) is 402 cm³/mol. The largest absolute Gasteiger partial charge is 0.481 e. The Labute approximate surface area is 567 Å². The van der Waals surface area contributed by atoms with Crippen molar-refractivity contribution in [3.8, 4) is 12.3 Å². The highest BCUT2D eigenvalue weighted by atomic mass is 35.5. The lowest BCUT2D eigenvalue weighted by Crippen LogP contribution is -2.38. The van der Waals surface area contributed by atoms with Crippen LogP contribution in [-0.4, -0.2) is 159 Å². The number of aliphatic hydroxyl groups is 1. The number of aliphatic carboxylic acids is 1. The molecule has 6 saturated heterocycles. The van der Waals surface area contributed by atoms with Crippen molar-refractivity contribution in [1.29, 1.82) is 0 Å². The number of carbonyl (C=O) groups excluding carboxylic acids is 1. The maximum Gasteiger partial charge on any atom is 0.300 e. The van der Waals surface area contributed by atoms with Gasteiger partial charge in [-0.3, -0.25) is 9.35 Å². The number of hydrogen-bond acceptors (Lipinski definition) is 16. The molecule has 0 aromatic rings. The van der Waals surface area contributed by atoms with Gasteiger partial charge in [-0.2, -0.15) is 21.0 Å². The number of aliphatic imine (C=N–C) groups is 2. The summed E-state index contributed by atoms with van der Waals surface area (Å²) < 4.78 is 50.3. The van der Waals surface area contributed by atoms with Gasteiger partial charge in [0.15, 0.2) is 0 Å². The second-order valence-electron chi connectivity index (χ2n) is 20.9. The van der Waals surface area contributed by atoms with E-state index < -0.39 is 16.1 Å². The summed E-state index contributed by atoms with van der Waals surface area (Å²) in [5.74, 6) is 2.26. The first-order valence-electron chi connectivity index (χ1n) is 29.7. The number of aliphatic hydroxyl groups excluding tert-OH is 1. The molecule has 0 saturated carbocycles. The van der Waals surface area contributed by atoms with Gasteiger partial charge >= 0.3 is 0 Å². The number of unbranched alkanes of at least 4 members (excludes halogenated alkanes) is 1. The van der Waals surface area contributed by atoms with Crippen LogP contribution in [0.4, 0.5) is 0 Å². The number of carboxylic acid groups (broad SMARTS) is 1. The molecule has 6 N–H and O–H groups in total. The van der Waals surface area contributed by atoms with Crippen molar-refractivity contribution in [3.05, 3.63) is 84.5 Å². The van der Waals surface area contributed by atoms with E-state index in [1.54, 1.807) is 33.2 Å². The SMILES string of the molecule is C#CC.C/C=C/C.C/C=C/CC.C/C=C/CCC.C=C(C)C.C=C(C)Cl.C=CC.CC(=O)O.CC1(C)COC1.CC1(C)COC1.CC1CN1.CC1CO1.CC1COC1.CC=C(C)C.CCC1(C)COC1.CN.CN=C=O.CN=C=S.CO.CS.CS(=O)(=O)O. The van der Waals surface area contributed by atoms with Crippen LogP contribution in [0.1, 0.15) is 192 Å². The summed E-state index contributed by atoms with van der Waals surface area (Å²) in [6.07, 6.45) is 30.1. The zero-order chi connectivity index (χ0) is 74.4. The summed E-state index contributed by atoms with van der Waals surface area (Å²) in [5, 5.41) is 20.3. The molecule has 6 heterocycles. The minimum atomic E-state index is -3.67. The number of isocyanates is 1. The number of halogens is 1. The number of thiocarbonyl (C=S) groups is 1. The smallest absolute Gasteiger partial charge is 0.300 e. The lowest BCUT2D eigenvalue weighted by Gasteiger charge is -2.36. The van der Waals surface area contributed by atoms with Gasteiger partial charge in [-0.1, -0.05) is 147 Å². The first-order valence-corrected chi connectivity index (χ1v) is 33.2. The molecule has 2 unspecified atom stereocenters. The van der Waals surface area contributed by atoms with E-state index in [1.165, 1.54) is 57.1 Å². The number of thiol groups is 1. The summed E-state index contributed by atoms with van der Waals surface area (Å²) >= 11 is 12.7. The quantitative estimate of drug-likeness (QED) is 0.0224. The number of terminal acetylenes is 1. The van der Waals surface area contributed by atoms with Crippen molar-refractivity contribution in [2.24, 2.45) is 37.9 Å². The minimum Gasteiger partial charge on any atom is -0.481 e. The summed E-state index contributed by atoms with van der Waals surface area (Å²) in [6.45, 7) is 68.8. The molecular weight excluding hydrogens is 1210 g/mol. The lowest BCUT2D eigenvalue weighted by molar-refractivity contribution is -0.134. The Morgan fingerprint density at radius 3 is 1.00 bits per heavy atom. The monoisotopic (exact) mass is 1350 g/mol. The summed E-state index contributed by atoms with van der Waals surface area (Å²) in [4.78, 5) is 24.1. The van der Waals surface area contributed by atoms with Crippen molar-refractivity contribution in [2.75, 3.05) is 107 Å². The van der Waals surface area contributed by atoms with Gasteiger partial charge in [0, 0.05) is 67.9 Å².